The van der Waals surface area contributed by atoms with Gasteiger partial charge in [0.05, 0.1) is 4.88 Å². The normalized spacial score (nSPS) is 15.7. The summed E-state index contributed by atoms with van der Waals surface area (Å²) in [5, 5.41) is 0. The van der Waals surface area contributed by atoms with Crippen LogP contribution in [0.3, 0.4) is 0 Å². The fourth-order valence-corrected chi connectivity index (χ4v) is 2.49. The van der Waals surface area contributed by atoms with E-state index in [1.54, 1.807) is 6.07 Å². The van der Waals surface area contributed by atoms with E-state index in [1.165, 1.54) is 11.3 Å². The summed E-state index contributed by atoms with van der Waals surface area (Å²) in [6.07, 6.45) is 5.09. The Kier molecular flexibility index (Phi) is 2.77. The lowest BCUT2D eigenvalue weighted by molar-refractivity contribution is 0.0776. The third kappa shape index (κ3) is 2.04. The highest BCUT2D eigenvalue weighted by molar-refractivity contribution is 7.14. The molecule has 0 unspecified atom stereocenters. The predicted molar refractivity (Wildman–Crippen MR) is 63.1 cm³/mol. The molecule has 1 aliphatic heterocycles. The Morgan fingerprint density at radius 3 is 2.87 bits per heavy atom. The van der Waals surface area contributed by atoms with Crippen LogP contribution < -0.4 is 5.73 Å². The lowest BCUT2D eigenvalue weighted by Gasteiger charge is -2.22. The molecule has 1 aromatic heterocycles. The average molecular weight is 222 g/mol. The summed E-state index contributed by atoms with van der Waals surface area (Å²) in [5.41, 5.74) is 6.45. The van der Waals surface area contributed by atoms with Gasteiger partial charge in [-0.3, -0.25) is 4.79 Å². The Labute approximate surface area is 93.2 Å². The maximum absolute atomic E-state index is 12.0. The molecule has 0 aromatic carbocycles. The van der Waals surface area contributed by atoms with Gasteiger partial charge in [0.1, 0.15) is 0 Å². The van der Waals surface area contributed by atoms with Gasteiger partial charge in [0.25, 0.3) is 5.91 Å². The number of aryl methyl sites for hydroxylation is 1. The minimum atomic E-state index is 0.101. The van der Waals surface area contributed by atoms with Crippen LogP contribution in [-0.2, 0) is 0 Å². The van der Waals surface area contributed by atoms with Crippen LogP contribution in [0.5, 0.6) is 0 Å². The largest absolute Gasteiger partial charge is 0.398 e. The summed E-state index contributed by atoms with van der Waals surface area (Å²) in [4.78, 5) is 15.6. The van der Waals surface area contributed by atoms with E-state index in [1.807, 2.05) is 17.9 Å². The Morgan fingerprint density at radius 1 is 1.53 bits per heavy atom. The van der Waals surface area contributed by atoms with Crippen LogP contribution in [0.1, 0.15) is 21.0 Å². The summed E-state index contributed by atoms with van der Waals surface area (Å²) in [7, 11) is 0. The van der Waals surface area contributed by atoms with E-state index >= 15 is 0 Å². The minimum Gasteiger partial charge on any atom is -0.398 e. The van der Waals surface area contributed by atoms with Gasteiger partial charge in [-0.2, -0.15) is 0 Å². The summed E-state index contributed by atoms with van der Waals surface area (Å²) < 4.78 is 0. The Balaban J connectivity index is 2.16. The highest BCUT2D eigenvalue weighted by Crippen LogP contribution is 2.25. The molecule has 1 aliphatic rings. The molecular weight excluding hydrogens is 208 g/mol. The second kappa shape index (κ2) is 4.06. The van der Waals surface area contributed by atoms with Gasteiger partial charge in [-0.05, 0) is 19.4 Å². The number of nitrogens with two attached hydrogens (primary N) is 1. The van der Waals surface area contributed by atoms with E-state index in [2.05, 4.69) is 6.08 Å². The molecule has 2 heterocycles. The molecular formula is C11H14N2OS. The van der Waals surface area contributed by atoms with E-state index < -0.39 is 0 Å². The van der Waals surface area contributed by atoms with Gasteiger partial charge < -0.3 is 10.6 Å². The molecule has 3 nitrogen and oxygen atoms in total. The molecule has 80 valence electrons. The SMILES string of the molecule is Cc1sc(C(=O)N2CC=CCC2)cc1N. The maximum Gasteiger partial charge on any atom is 0.264 e. The molecule has 15 heavy (non-hydrogen) atoms. The van der Waals surface area contributed by atoms with Crippen LogP contribution in [0.15, 0.2) is 18.2 Å². The van der Waals surface area contributed by atoms with Crippen molar-refractivity contribution in [1.29, 1.82) is 0 Å². The minimum absolute atomic E-state index is 0.101. The Bertz CT molecular complexity index is 389. The van der Waals surface area contributed by atoms with Crippen LogP contribution in [-0.4, -0.2) is 23.9 Å². The second-order valence-electron chi connectivity index (χ2n) is 3.63. The quantitative estimate of drug-likeness (QED) is 0.739. The molecule has 0 saturated heterocycles. The van der Waals surface area contributed by atoms with Crippen molar-refractivity contribution in [3.05, 3.63) is 28.0 Å². The molecule has 0 fully saturated rings. The molecule has 2 rings (SSSR count). The molecule has 2 N–H and O–H groups in total. The zero-order chi connectivity index (χ0) is 10.8. The fourth-order valence-electron chi connectivity index (χ4n) is 1.58. The van der Waals surface area contributed by atoms with E-state index in [-0.39, 0.29) is 5.91 Å². The third-order valence-corrected chi connectivity index (χ3v) is 3.57. The van der Waals surface area contributed by atoms with Crippen molar-refractivity contribution >= 4 is 22.9 Å². The second-order valence-corrected chi connectivity index (χ2v) is 4.89. The van der Waals surface area contributed by atoms with Crippen molar-refractivity contribution in [1.82, 2.24) is 4.90 Å². The van der Waals surface area contributed by atoms with Crippen LogP contribution in [0, 0.1) is 6.92 Å². The first-order chi connectivity index (χ1) is 7.18. The number of nitrogen functional groups attached to an aromatic ring is 1. The zero-order valence-electron chi connectivity index (χ0n) is 8.69. The van der Waals surface area contributed by atoms with Crippen LogP contribution >= 0.6 is 11.3 Å². The van der Waals surface area contributed by atoms with Crippen LogP contribution in [0.2, 0.25) is 0 Å². The molecule has 0 saturated carbocycles. The standard InChI is InChI=1S/C11H14N2OS/c1-8-9(12)7-10(15-8)11(14)13-5-3-2-4-6-13/h2-3,7H,4-6,12H2,1H3. The number of amides is 1. The van der Waals surface area contributed by atoms with Gasteiger partial charge in [0, 0.05) is 23.7 Å². The molecule has 0 radical (unpaired) electrons. The van der Waals surface area contributed by atoms with Crippen molar-refractivity contribution in [2.24, 2.45) is 0 Å². The first-order valence-corrected chi connectivity index (χ1v) is 5.80. The number of thiophene rings is 1. The molecule has 1 aromatic rings. The number of nitrogens with zero attached hydrogens (tertiary/aromatic N) is 1. The molecule has 0 spiro atoms. The van der Waals surface area contributed by atoms with Crippen LogP contribution in [0.4, 0.5) is 5.69 Å². The highest BCUT2D eigenvalue weighted by Gasteiger charge is 2.18. The van der Waals surface area contributed by atoms with Gasteiger partial charge >= 0.3 is 0 Å². The molecule has 0 atom stereocenters. The van der Waals surface area contributed by atoms with Gasteiger partial charge in [0.2, 0.25) is 0 Å². The van der Waals surface area contributed by atoms with Crippen molar-refractivity contribution < 1.29 is 4.79 Å². The van der Waals surface area contributed by atoms with E-state index in [0.717, 1.165) is 35.0 Å². The van der Waals surface area contributed by atoms with Crippen LogP contribution in [0.25, 0.3) is 0 Å². The summed E-state index contributed by atoms with van der Waals surface area (Å²) in [6.45, 7) is 3.47. The number of hydrogen-bond donors (Lipinski definition) is 1. The molecule has 4 heteroatoms. The van der Waals surface area contributed by atoms with Gasteiger partial charge in [-0.1, -0.05) is 12.2 Å². The highest BCUT2D eigenvalue weighted by atomic mass is 32.1. The number of carbonyl (C=O) groups excluding carboxylic acids is 1. The van der Waals surface area contributed by atoms with E-state index in [0.29, 0.717) is 0 Å². The van der Waals surface area contributed by atoms with Crippen molar-refractivity contribution in [2.45, 2.75) is 13.3 Å². The van der Waals surface area contributed by atoms with Gasteiger partial charge in [0.15, 0.2) is 0 Å². The van der Waals surface area contributed by atoms with E-state index in [9.17, 15) is 4.79 Å². The maximum atomic E-state index is 12.0. The number of rotatable bonds is 1. The van der Waals surface area contributed by atoms with Crippen molar-refractivity contribution in [3.8, 4) is 0 Å². The van der Waals surface area contributed by atoms with Crippen molar-refractivity contribution in [2.75, 3.05) is 18.8 Å². The number of anilines is 1. The van der Waals surface area contributed by atoms with Crippen molar-refractivity contribution in [3.63, 3.8) is 0 Å². The summed E-state index contributed by atoms with van der Waals surface area (Å²) in [5.74, 6) is 0.101. The summed E-state index contributed by atoms with van der Waals surface area (Å²) in [6, 6.07) is 1.78. The molecule has 0 bridgehead atoms. The molecule has 1 amide bonds. The van der Waals surface area contributed by atoms with Gasteiger partial charge in [-0.15, -0.1) is 11.3 Å². The first kappa shape index (κ1) is 10.2. The first-order valence-electron chi connectivity index (χ1n) is 4.98. The topological polar surface area (TPSA) is 46.3 Å². The lowest BCUT2D eigenvalue weighted by Crippen LogP contribution is -2.33. The Hall–Kier alpha value is -1.29. The fraction of sp³-hybridized carbons (Fsp3) is 0.364. The predicted octanol–water partition coefficient (Wildman–Crippen LogP) is 2.04. The lowest BCUT2D eigenvalue weighted by atomic mass is 10.2. The number of hydrogen-bond acceptors (Lipinski definition) is 3. The smallest absolute Gasteiger partial charge is 0.264 e. The van der Waals surface area contributed by atoms with Gasteiger partial charge in [-0.25, -0.2) is 0 Å². The van der Waals surface area contributed by atoms with E-state index in [4.69, 9.17) is 5.73 Å². The monoisotopic (exact) mass is 222 g/mol. The Morgan fingerprint density at radius 2 is 2.33 bits per heavy atom. The third-order valence-electron chi connectivity index (χ3n) is 2.51. The number of carbonyl (C=O) groups is 1. The average Bonchev–Trinajstić information content (AvgIpc) is 2.59. The zero-order valence-corrected chi connectivity index (χ0v) is 9.51. The molecule has 0 aliphatic carbocycles. The summed E-state index contributed by atoms with van der Waals surface area (Å²) >= 11 is 1.48.